The Morgan fingerprint density at radius 3 is 2.59 bits per heavy atom. The molecule has 5 N–H and O–H groups in total. The third-order valence-corrected chi connectivity index (χ3v) is 2.91. The van der Waals surface area contributed by atoms with Crippen molar-refractivity contribution in [2.24, 2.45) is 5.92 Å². The quantitative estimate of drug-likeness (QED) is 0.560. The Hall–Kier alpha value is -1.16. The van der Waals surface area contributed by atoms with E-state index in [4.69, 9.17) is 23.1 Å². The molecule has 0 saturated heterocycles. The predicted octanol–water partition coefficient (Wildman–Crippen LogP) is 3.49. The molecule has 3 nitrogen and oxygen atoms in total. The predicted molar refractivity (Wildman–Crippen MR) is 72.8 cm³/mol. The molecule has 0 aliphatic heterocycles. The van der Waals surface area contributed by atoms with Gasteiger partial charge in [-0.25, -0.2) is 4.39 Å². The maximum Gasteiger partial charge on any atom is 0.169 e. The molecular weight excluding hydrogens is 241 g/mol. The van der Waals surface area contributed by atoms with Gasteiger partial charge in [0.1, 0.15) is 5.02 Å². The normalized spacial score (nSPS) is 10.9. The molecule has 0 atom stereocenters. The fourth-order valence-corrected chi connectivity index (χ4v) is 1.72. The molecule has 0 aliphatic rings. The van der Waals surface area contributed by atoms with E-state index >= 15 is 0 Å². The zero-order chi connectivity index (χ0) is 13.0. The molecule has 0 saturated carbocycles. The van der Waals surface area contributed by atoms with Gasteiger partial charge in [0.05, 0.1) is 17.1 Å². The smallest absolute Gasteiger partial charge is 0.169 e. The summed E-state index contributed by atoms with van der Waals surface area (Å²) in [5.74, 6) is 0.0581. The van der Waals surface area contributed by atoms with Crippen molar-refractivity contribution in [3.8, 4) is 0 Å². The molecule has 0 bridgehead atoms. The molecule has 0 amide bonds. The second-order valence-electron chi connectivity index (χ2n) is 4.52. The van der Waals surface area contributed by atoms with E-state index < -0.39 is 5.82 Å². The first-order valence-electron chi connectivity index (χ1n) is 5.70. The largest absolute Gasteiger partial charge is 0.397 e. The number of nitrogens with two attached hydrogens (primary N) is 2. The summed E-state index contributed by atoms with van der Waals surface area (Å²) < 4.78 is 13.8. The molecule has 1 aromatic rings. The molecule has 0 unspecified atom stereocenters. The number of hydrogen-bond acceptors (Lipinski definition) is 3. The first-order valence-corrected chi connectivity index (χ1v) is 6.08. The highest BCUT2D eigenvalue weighted by molar-refractivity contribution is 6.33. The van der Waals surface area contributed by atoms with E-state index in [1.54, 1.807) is 0 Å². The fraction of sp³-hybridized carbons (Fsp3) is 0.500. The fourth-order valence-electron chi connectivity index (χ4n) is 1.57. The topological polar surface area (TPSA) is 64.1 Å². The van der Waals surface area contributed by atoms with Crippen LogP contribution in [0.25, 0.3) is 0 Å². The van der Waals surface area contributed by atoms with Crippen LogP contribution >= 0.6 is 11.6 Å². The zero-order valence-corrected chi connectivity index (χ0v) is 10.9. The molecular formula is C12H19ClFN3. The number of anilines is 3. The second kappa shape index (κ2) is 5.96. The van der Waals surface area contributed by atoms with Crippen LogP contribution in [0, 0.1) is 11.7 Å². The Bertz CT molecular complexity index is 394. The maximum absolute atomic E-state index is 13.8. The molecule has 0 aromatic heterocycles. The van der Waals surface area contributed by atoms with Crippen molar-refractivity contribution >= 4 is 28.7 Å². The van der Waals surface area contributed by atoms with E-state index in [1.807, 2.05) is 0 Å². The highest BCUT2D eigenvalue weighted by atomic mass is 35.5. The van der Waals surface area contributed by atoms with Crippen LogP contribution in [0.2, 0.25) is 5.02 Å². The van der Waals surface area contributed by atoms with Gasteiger partial charge in [-0.2, -0.15) is 0 Å². The summed E-state index contributed by atoms with van der Waals surface area (Å²) >= 11 is 5.72. The summed E-state index contributed by atoms with van der Waals surface area (Å²) in [7, 11) is 0. The summed E-state index contributed by atoms with van der Waals surface area (Å²) in [5, 5.41) is 2.89. The number of benzene rings is 1. The third kappa shape index (κ3) is 3.66. The zero-order valence-electron chi connectivity index (χ0n) is 10.2. The minimum absolute atomic E-state index is 0.0782. The summed E-state index contributed by atoms with van der Waals surface area (Å²) in [4.78, 5) is 0. The lowest BCUT2D eigenvalue weighted by molar-refractivity contribution is 0.565. The lowest BCUT2D eigenvalue weighted by Gasteiger charge is -2.13. The van der Waals surface area contributed by atoms with Gasteiger partial charge >= 0.3 is 0 Å². The van der Waals surface area contributed by atoms with E-state index in [2.05, 4.69) is 19.2 Å². The Labute approximate surface area is 106 Å². The van der Waals surface area contributed by atoms with Gasteiger partial charge in [-0.15, -0.1) is 0 Å². The van der Waals surface area contributed by atoms with Gasteiger partial charge in [0.2, 0.25) is 0 Å². The van der Waals surface area contributed by atoms with Crippen LogP contribution in [-0.4, -0.2) is 6.54 Å². The molecule has 0 fully saturated rings. The van der Waals surface area contributed by atoms with Gasteiger partial charge in [-0.3, -0.25) is 0 Å². The van der Waals surface area contributed by atoms with Crippen molar-refractivity contribution in [1.29, 1.82) is 0 Å². The maximum atomic E-state index is 13.8. The van der Waals surface area contributed by atoms with Gasteiger partial charge in [-0.1, -0.05) is 25.4 Å². The molecule has 96 valence electrons. The second-order valence-corrected chi connectivity index (χ2v) is 4.90. The van der Waals surface area contributed by atoms with Crippen molar-refractivity contribution in [3.05, 3.63) is 16.9 Å². The van der Waals surface area contributed by atoms with Crippen molar-refractivity contribution in [3.63, 3.8) is 0 Å². The molecule has 17 heavy (non-hydrogen) atoms. The molecule has 0 aliphatic carbocycles. The number of nitrogens with one attached hydrogen (secondary N) is 1. The Morgan fingerprint density at radius 2 is 2.00 bits per heavy atom. The van der Waals surface area contributed by atoms with Crippen LogP contribution in [0.4, 0.5) is 21.5 Å². The van der Waals surface area contributed by atoms with Crippen LogP contribution in [0.1, 0.15) is 26.7 Å². The number of hydrogen-bond donors (Lipinski definition) is 3. The molecule has 5 heteroatoms. The minimum atomic E-state index is -0.575. The Balaban J connectivity index is 2.68. The van der Waals surface area contributed by atoms with Crippen molar-refractivity contribution in [1.82, 2.24) is 0 Å². The SMILES string of the molecule is CC(C)CCCNc1c(N)cc(N)c(Cl)c1F. The summed E-state index contributed by atoms with van der Waals surface area (Å²) in [5.41, 5.74) is 11.9. The number of nitrogen functional groups attached to an aromatic ring is 2. The number of rotatable bonds is 5. The molecule has 1 rings (SSSR count). The van der Waals surface area contributed by atoms with E-state index in [0.29, 0.717) is 12.5 Å². The summed E-state index contributed by atoms with van der Waals surface area (Å²) in [6.07, 6.45) is 2.04. The van der Waals surface area contributed by atoms with Crippen LogP contribution in [-0.2, 0) is 0 Å². The van der Waals surface area contributed by atoms with Gasteiger partial charge in [0.15, 0.2) is 5.82 Å². The van der Waals surface area contributed by atoms with Gasteiger partial charge in [-0.05, 0) is 24.8 Å². The van der Waals surface area contributed by atoms with Crippen LogP contribution in [0.15, 0.2) is 6.07 Å². The lowest BCUT2D eigenvalue weighted by Crippen LogP contribution is -2.08. The van der Waals surface area contributed by atoms with Crippen LogP contribution in [0.5, 0.6) is 0 Å². The Morgan fingerprint density at radius 1 is 1.35 bits per heavy atom. The van der Waals surface area contributed by atoms with Crippen molar-refractivity contribution in [2.45, 2.75) is 26.7 Å². The van der Waals surface area contributed by atoms with Crippen molar-refractivity contribution in [2.75, 3.05) is 23.3 Å². The molecule has 0 heterocycles. The average Bonchev–Trinajstić information content (AvgIpc) is 2.24. The van der Waals surface area contributed by atoms with E-state index in [9.17, 15) is 4.39 Å². The monoisotopic (exact) mass is 259 g/mol. The Kier molecular flexibility index (Phi) is 4.87. The van der Waals surface area contributed by atoms with Gasteiger partial charge in [0.25, 0.3) is 0 Å². The lowest BCUT2D eigenvalue weighted by atomic mass is 10.1. The third-order valence-electron chi connectivity index (χ3n) is 2.53. The van der Waals surface area contributed by atoms with Gasteiger partial charge in [0, 0.05) is 6.54 Å². The van der Waals surface area contributed by atoms with Gasteiger partial charge < -0.3 is 16.8 Å². The highest BCUT2D eigenvalue weighted by Gasteiger charge is 2.13. The molecule has 0 radical (unpaired) electrons. The molecule has 1 aromatic carbocycles. The van der Waals surface area contributed by atoms with Crippen molar-refractivity contribution < 1.29 is 4.39 Å². The summed E-state index contributed by atoms with van der Waals surface area (Å²) in [6.45, 7) is 4.96. The number of halogens is 2. The first-order chi connectivity index (χ1) is 7.93. The van der Waals surface area contributed by atoms with Crippen LogP contribution in [0.3, 0.4) is 0 Å². The van der Waals surface area contributed by atoms with E-state index in [1.165, 1.54) is 6.07 Å². The molecule has 0 spiro atoms. The van der Waals surface area contributed by atoms with E-state index in [0.717, 1.165) is 12.8 Å². The van der Waals surface area contributed by atoms with E-state index in [-0.39, 0.29) is 22.1 Å². The average molecular weight is 260 g/mol. The first kappa shape index (κ1) is 13.9. The standard InChI is InChI=1S/C12H19ClFN3/c1-7(2)4-3-5-17-12-9(16)6-8(15)10(13)11(12)14/h6-7,17H,3-5,15-16H2,1-2H3. The highest BCUT2D eigenvalue weighted by Crippen LogP contribution is 2.33. The summed E-state index contributed by atoms with van der Waals surface area (Å²) in [6, 6.07) is 1.47. The minimum Gasteiger partial charge on any atom is -0.397 e. The van der Waals surface area contributed by atoms with Crippen LogP contribution < -0.4 is 16.8 Å².